The second-order valence-corrected chi connectivity index (χ2v) is 13.4. The monoisotopic (exact) mass is 485 g/mol. The van der Waals surface area contributed by atoms with Crippen molar-refractivity contribution in [1.29, 1.82) is 0 Å². The molecule has 0 radical (unpaired) electrons. The van der Waals surface area contributed by atoms with Gasteiger partial charge in [-0.15, -0.1) is 0 Å². The molecule has 0 aromatic rings. The van der Waals surface area contributed by atoms with Crippen molar-refractivity contribution in [3.8, 4) is 0 Å². The van der Waals surface area contributed by atoms with Gasteiger partial charge in [0.1, 0.15) is 6.17 Å². The summed E-state index contributed by atoms with van der Waals surface area (Å²) in [5, 5.41) is 0. The second-order valence-electron chi connectivity index (χ2n) is 13.4. The Hall–Kier alpha value is -0.330. The number of hydrogen-bond donors (Lipinski definition) is 0. The fourth-order valence-electron chi connectivity index (χ4n) is 7.00. The molecule has 2 bridgehead atoms. The highest BCUT2D eigenvalue weighted by molar-refractivity contribution is 5.07. The summed E-state index contributed by atoms with van der Waals surface area (Å²) in [6.07, 6.45) is 8.32. The Bertz CT molecular complexity index is 670. The van der Waals surface area contributed by atoms with Crippen LogP contribution in [0.1, 0.15) is 99.3 Å². The van der Waals surface area contributed by atoms with E-state index in [1.54, 1.807) is 0 Å². The molecule has 4 heterocycles. The van der Waals surface area contributed by atoms with Gasteiger partial charge in [-0.2, -0.15) is 0 Å². The molecule has 2 saturated carbocycles. The van der Waals surface area contributed by atoms with Gasteiger partial charge < -0.3 is 4.90 Å². The Morgan fingerprint density at radius 3 is 1.59 bits per heavy atom. The normalized spacial score (nSPS) is 35.1. The summed E-state index contributed by atoms with van der Waals surface area (Å²) >= 11 is 0. The van der Waals surface area contributed by atoms with Crippen LogP contribution in [0, 0.1) is 10.8 Å². The first-order valence-electron chi connectivity index (χ1n) is 14.1. The van der Waals surface area contributed by atoms with Crippen LogP contribution in [0.5, 0.6) is 0 Å². The van der Waals surface area contributed by atoms with Crippen molar-refractivity contribution in [3.05, 3.63) is 0 Å². The lowest BCUT2D eigenvalue weighted by Gasteiger charge is -2.41. The molecule has 198 valence electrons. The number of likely N-dealkylation sites (tertiary alicyclic amines) is 2. The minimum atomic E-state index is -2.39. The van der Waals surface area contributed by atoms with Gasteiger partial charge in [-0.25, -0.2) is 13.2 Å². The second kappa shape index (κ2) is 9.85. The predicted molar refractivity (Wildman–Crippen MR) is 134 cm³/mol. The summed E-state index contributed by atoms with van der Waals surface area (Å²) in [5.41, 5.74) is 0.939. The molecule has 4 aliphatic heterocycles. The number of halogens is 3. The van der Waals surface area contributed by atoms with E-state index in [0.29, 0.717) is 18.6 Å². The van der Waals surface area contributed by atoms with Crippen LogP contribution in [0.15, 0.2) is 0 Å². The lowest BCUT2D eigenvalue weighted by Crippen LogP contribution is -2.50. The fourth-order valence-corrected chi connectivity index (χ4v) is 7.00. The highest BCUT2D eigenvalue weighted by Gasteiger charge is 2.56. The number of rotatable bonds is 3. The maximum absolute atomic E-state index is 13.3. The van der Waals surface area contributed by atoms with Crippen LogP contribution in [0.4, 0.5) is 13.2 Å². The van der Waals surface area contributed by atoms with Crippen molar-refractivity contribution in [1.82, 2.24) is 14.7 Å². The van der Waals surface area contributed by atoms with E-state index in [2.05, 4.69) is 56.2 Å². The molecular formula is C28H50F3N3. The van der Waals surface area contributed by atoms with Crippen LogP contribution in [0.2, 0.25) is 0 Å². The Labute approximate surface area is 206 Å². The van der Waals surface area contributed by atoms with Crippen molar-refractivity contribution in [2.24, 2.45) is 10.8 Å². The molecule has 0 aromatic heterocycles. The summed E-state index contributed by atoms with van der Waals surface area (Å²) < 4.78 is 39.6. The maximum atomic E-state index is 13.3. The molecule has 6 heteroatoms. The maximum Gasteiger partial charge on any atom is 0.251 e. The molecular weight excluding hydrogens is 435 g/mol. The minimum Gasteiger partial charge on any atom is -0.300 e. The van der Waals surface area contributed by atoms with Gasteiger partial charge in [-0.05, 0) is 98.4 Å². The van der Waals surface area contributed by atoms with E-state index >= 15 is 0 Å². The average molecular weight is 486 g/mol. The Morgan fingerprint density at radius 2 is 1.26 bits per heavy atom. The van der Waals surface area contributed by atoms with Gasteiger partial charge in [0.05, 0.1) is 0 Å². The Kier molecular flexibility index (Phi) is 7.74. The molecule has 0 aromatic carbocycles. The van der Waals surface area contributed by atoms with Gasteiger partial charge in [0, 0.05) is 68.1 Å². The zero-order valence-electron chi connectivity index (χ0n) is 22.6. The first-order chi connectivity index (χ1) is 15.9. The molecule has 2 spiro atoms. The standard InChI is InChI=1S/C10H17F2N.C9H16FN.C9H17N/c1-7(2)13-8-3-4-9(13)6-10(11,12)5-8;1-7(2)11-5-8(10)9(6-11)3-4-9;1-8(2)10-6-5-9(7-10)3-4-9/h7-9H,3-6H2,1-2H3;7-8H,3-6H2,1-2H3;8H,3-7H2,1-2H3. The van der Waals surface area contributed by atoms with Crippen LogP contribution in [0.25, 0.3) is 0 Å². The molecule has 3 atom stereocenters. The lowest BCUT2D eigenvalue weighted by molar-refractivity contribution is -0.0897. The first-order valence-corrected chi connectivity index (χ1v) is 14.1. The van der Waals surface area contributed by atoms with Gasteiger partial charge in [0.25, 0.3) is 5.92 Å². The van der Waals surface area contributed by atoms with Gasteiger partial charge in [0.2, 0.25) is 0 Å². The third kappa shape index (κ3) is 5.96. The van der Waals surface area contributed by atoms with Crippen LogP contribution in [-0.4, -0.2) is 83.2 Å². The number of piperidine rings is 1. The molecule has 0 amide bonds. The van der Waals surface area contributed by atoms with Crippen molar-refractivity contribution >= 4 is 0 Å². The van der Waals surface area contributed by atoms with E-state index in [1.165, 1.54) is 32.4 Å². The van der Waals surface area contributed by atoms with Crippen molar-refractivity contribution in [2.75, 3.05) is 26.2 Å². The summed E-state index contributed by atoms with van der Waals surface area (Å²) in [4.78, 5) is 7.17. The van der Waals surface area contributed by atoms with Crippen molar-refractivity contribution < 1.29 is 13.2 Å². The summed E-state index contributed by atoms with van der Waals surface area (Å²) in [6.45, 7) is 17.6. The van der Waals surface area contributed by atoms with E-state index in [-0.39, 0.29) is 30.3 Å². The summed E-state index contributed by atoms with van der Waals surface area (Å²) in [6, 6.07) is 2.02. The van der Waals surface area contributed by atoms with Gasteiger partial charge in [0.15, 0.2) is 0 Å². The zero-order valence-corrected chi connectivity index (χ0v) is 22.6. The number of alkyl halides is 3. The van der Waals surface area contributed by atoms with Gasteiger partial charge in [-0.1, -0.05) is 0 Å². The highest BCUT2D eigenvalue weighted by Crippen LogP contribution is 2.54. The predicted octanol–water partition coefficient (Wildman–Crippen LogP) is 6.37. The van der Waals surface area contributed by atoms with Crippen molar-refractivity contribution in [2.45, 2.75) is 142 Å². The van der Waals surface area contributed by atoms with Crippen LogP contribution in [-0.2, 0) is 0 Å². The van der Waals surface area contributed by atoms with E-state index in [9.17, 15) is 13.2 Å². The van der Waals surface area contributed by atoms with Crippen LogP contribution < -0.4 is 0 Å². The number of hydrogen-bond acceptors (Lipinski definition) is 3. The largest absolute Gasteiger partial charge is 0.300 e. The Balaban J connectivity index is 0.000000122. The van der Waals surface area contributed by atoms with E-state index < -0.39 is 12.1 Å². The molecule has 3 unspecified atom stereocenters. The third-order valence-corrected chi connectivity index (χ3v) is 9.70. The first kappa shape index (κ1) is 26.7. The minimum absolute atomic E-state index is 0.0850. The molecule has 2 aliphatic carbocycles. The molecule has 4 saturated heterocycles. The van der Waals surface area contributed by atoms with Crippen LogP contribution in [0.3, 0.4) is 0 Å². The highest BCUT2D eigenvalue weighted by atomic mass is 19.3. The quantitative estimate of drug-likeness (QED) is 0.460. The topological polar surface area (TPSA) is 9.72 Å². The molecule has 6 aliphatic rings. The molecule has 34 heavy (non-hydrogen) atoms. The number of fused-ring (bicyclic) bond motifs is 2. The van der Waals surface area contributed by atoms with Crippen molar-refractivity contribution in [3.63, 3.8) is 0 Å². The SMILES string of the molecule is CC(C)N1C2CCC1CC(F)(F)C2.CC(C)N1CC(F)C2(CC2)C1.CC(C)N1CCC2(CC2)C1. The smallest absolute Gasteiger partial charge is 0.251 e. The zero-order chi connectivity index (χ0) is 24.9. The lowest BCUT2D eigenvalue weighted by atomic mass is 9.97. The van der Waals surface area contributed by atoms with Gasteiger partial charge in [-0.3, -0.25) is 9.80 Å². The average Bonchev–Trinajstić information content (AvgIpc) is 3.56. The molecule has 6 rings (SSSR count). The molecule has 6 fully saturated rings. The third-order valence-electron chi connectivity index (χ3n) is 9.70. The van der Waals surface area contributed by atoms with E-state index in [0.717, 1.165) is 43.7 Å². The van der Waals surface area contributed by atoms with Crippen LogP contribution >= 0.6 is 0 Å². The van der Waals surface area contributed by atoms with E-state index in [4.69, 9.17) is 0 Å². The summed E-state index contributed by atoms with van der Waals surface area (Å²) in [7, 11) is 0. The van der Waals surface area contributed by atoms with Gasteiger partial charge >= 0.3 is 0 Å². The Morgan fingerprint density at radius 1 is 0.706 bits per heavy atom. The number of nitrogens with zero attached hydrogens (tertiary/aromatic N) is 3. The fraction of sp³-hybridized carbons (Fsp3) is 1.00. The summed E-state index contributed by atoms with van der Waals surface area (Å²) in [5.74, 6) is -2.39. The molecule has 3 nitrogen and oxygen atoms in total. The molecule has 0 N–H and O–H groups in total. The van der Waals surface area contributed by atoms with E-state index in [1.807, 2.05) is 0 Å².